The highest BCUT2D eigenvalue weighted by Crippen LogP contribution is 2.34. The Bertz CT molecular complexity index is 599. The third kappa shape index (κ3) is 3.37. The molecule has 0 fully saturated rings. The summed E-state index contributed by atoms with van der Waals surface area (Å²) < 4.78 is 7.42. The first-order valence-electron chi connectivity index (χ1n) is 6.77. The molecule has 114 valence electrons. The number of aryl methyl sites for hydroxylation is 1. The van der Waals surface area contributed by atoms with Gasteiger partial charge in [-0.05, 0) is 19.2 Å². The summed E-state index contributed by atoms with van der Waals surface area (Å²) in [5, 5.41) is 0.663. The molecule has 1 unspecified atom stereocenters. The van der Waals surface area contributed by atoms with E-state index in [1.165, 1.54) is 0 Å². The third-order valence-corrected chi connectivity index (χ3v) is 3.96. The van der Waals surface area contributed by atoms with E-state index < -0.39 is 0 Å². The zero-order chi connectivity index (χ0) is 15.4. The summed E-state index contributed by atoms with van der Waals surface area (Å²) in [6, 6.07) is 5.59. The van der Waals surface area contributed by atoms with Crippen LogP contribution in [0.15, 0.2) is 30.6 Å². The molecule has 0 aliphatic rings. The van der Waals surface area contributed by atoms with Gasteiger partial charge >= 0.3 is 0 Å². The molecule has 2 aromatic rings. The normalized spacial score (nSPS) is 12.7. The van der Waals surface area contributed by atoms with E-state index in [9.17, 15) is 0 Å². The fourth-order valence-corrected chi connectivity index (χ4v) is 2.71. The number of methoxy groups -OCH3 is 1. The number of benzene rings is 1. The SMILES string of the molecule is COc1cccc(Cl)c1C(CN)N(C)Cc1nccn1C. The Hall–Kier alpha value is -1.56. The molecule has 0 aliphatic carbocycles. The average Bonchev–Trinajstić information content (AvgIpc) is 2.86. The summed E-state index contributed by atoms with van der Waals surface area (Å²) in [6.07, 6.45) is 3.72. The lowest BCUT2D eigenvalue weighted by Gasteiger charge is -2.29. The van der Waals surface area contributed by atoms with Crippen LogP contribution in [-0.2, 0) is 13.6 Å². The van der Waals surface area contributed by atoms with Crippen molar-refractivity contribution in [2.45, 2.75) is 12.6 Å². The molecule has 5 nitrogen and oxygen atoms in total. The Morgan fingerprint density at radius 3 is 2.81 bits per heavy atom. The van der Waals surface area contributed by atoms with Crippen LogP contribution in [0.5, 0.6) is 5.75 Å². The van der Waals surface area contributed by atoms with Crippen LogP contribution in [0.1, 0.15) is 17.4 Å². The van der Waals surface area contributed by atoms with Crippen LogP contribution < -0.4 is 10.5 Å². The number of likely N-dealkylation sites (N-methyl/N-ethyl adjacent to an activating group) is 1. The van der Waals surface area contributed by atoms with Gasteiger partial charge in [0.2, 0.25) is 0 Å². The number of hydrogen-bond acceptors (Lipinski definition) is 4. The van der Waals surface area contributed by atoms with Crippen molar-refractivity contribution >= 4 is 11.6 Å². The molecule has 0 aliphatic heterocycles. The summed E-state index contributed by atoms with van der Waals surface area (Å²) >= 11 is 6.36. The summed E-state index contributed by atoms with van der Waals surface area (Å²) in [4.78, 5) is 6.48. The van der Waals surface area contributed by atoms with Gasteiger partial charge in [0.05, 0.1) is 19.7 Å². The average molecular weight is 309 g/mol. The van der Waals surface area contributed by atoms with E-state index >= 15 is 0 Å². The predicted octanol–water partition coefficient (Wildman–Crippen LogP) is 2.21. The lowest BCUT2D eigenvalue weighted by molar-refractivity contribution is 0.228. The molecule has 0 amide bonds. The smallest absolute Gasteiger partial charge is 0.125 e. The van der Waals surface area contributed by atoms with Crippen LogP contribution in [0.3, 0.4) is 0 Å². The zero-order valence-corrected chi connectivity index (χ0v) is 13.3. The molecule has 0 bridgehead atoms. The lowest BCUT2D eigenvalue weighted by atomic mass is 10.0. The molecule has 0 radical (unpaired) electrons. The van der Waals surface area contributed by atoms with Crippen molar-refractivity contribution in [1.29, 1.82) is 0 Å². The second-order valence-electron chi connectivity index (χ2n) is 4.98. The first-order valence-corrected chi connectivity index (χ1v) is 7.15. The van der Waals surface area contributed by atoms with Gasteiger partial charge in [-0.15, -0.1) is 0 Å². The molecule has 6 heteroatoms. The highest BCUT2D eigenvalue weighted by Gasteiger charge is 2.23. The van der Waals surface area contributed by atoms with E-state index in [0.717, 1.165) is 17.1 Å². The van der Waals surface area contributed by atoms with Gasteiger partial charge in [-0.3, -0.25) is 4.90 Å². The second kappa shape index (κ2) is 6.93. The minimum absolute atomic E-state index is 0.0367. The largest absolute Gasteiger partial charge is 0.496 e. The Morgan fingerprint density at radius 2 is 2.24 bits per heavy atom. The van der Waals surface area contributed by atoms with Crippen molar-refractivity contribution in [2.75, 3.05) is 20.7 Å². The molecule has 1 heterocycles. The van der Waals surface area contributed by atoms with Gasteiger partial charge in [0.15, 0.2) is 0 Å². The highest BCUT2D eigenvalue weighted by atomic mass is 35.5. The van der Waals surface area contributed by atoms with Crippen molar-refractivity contribution in [2.24, 2.45) is 12.8 Å². The minimum Gasteiger partial charge on any atom is -0.496 e. The van der Waals surface area contributed by atoms with Crippen molar-refractivity contribution < 1.29 is 4.74 Å². The molecule has 0 spiro atoms. The summed E-state index contributed by atoms with van der Waals surface area (Å²) in [7, 11) is 5.63. The standard InChI is InChI=1S/C15H21ClN4O/c1-19-8-7-18-14(19)10-20(2)12(9-17)15-11(16)5-4-6-13(15)21-3/h4-8,12H,9-10,17H2,1-3H3. The van der Waals surface area contributed by atoms with Crippen molar-refractivity contribution in [3.05, 3.63) is 47.0 Å². The van der Waals surface area contributed by atoms with Crippen LogP contribution in [0, 0.1) is 0 Å². The van der Waals surface area contributed by atoms with Crippen molar-refractivity contribution in [1.82, 2.24) is 14.5 Å². The maximum Gasteiger partial charge on any atom is 0.125 e. The van der Waals surface area contributed by atoms with Gasteiger partial charge in [-0.1, -0.05) is 17.7 Å². The van der Waals surface area contributed by atoms with Crippen LogP contribution in [-0.4, -0.2) is 35.2 Å². The number of nitrogens with zero attached hydrogens (tertiary/aromatic N) is 3. The molecular formula is C15H21ClN4O. The van der Waals surface area contributed by atoms with Gasteiger partial charge in [0.25, 0.3) is 0 Å². The van der Waals surface area contributed by atoms with E-state index in [4.69, 9.17) is 22.1 Å². The monoisotopic (exact) mass is 308 g/mol. The summed E-state index contributed by atoms with van der Waals surface area (Å²) in [6.45, 7) is 1.13. The van der Waals surface area contributed by atoms with Crippen LogP contribution in [0.4, 0.5) is 0 Å². The molecule has 1 atom stereocenters. The third-order valence-electron chi connectivity index (χ3n) is 3.63. The highest BCUT2D eigenvalue weighted by molar-refractivity contribution is 6.31. The molecule has 2 N–H and O–H groups in total. The molecule has 21 heavy (non-hydrogen) atoms. The summed E-state index contributed by atoms with van der Waals surface area (Å²) in [5.74, 6) is 1.73. The van der Waals surface area contributed by atoms with Crippen molar-refractivity contribution in [3.63, 3.8) is 0 Å². The van der Waals surface area contributed by atoms with Gasteiger partial charge in [-0.2, -0.15) is 0 Å². The topological polar surface area (TPSA) is 56.3 Å². The van der Waals surface area contributed by atoms with E-state index in [-0.39, 0.29) is 6.04 Å². The summed E-state index contributed by atoms with van der Waals surface area (Å²) in [5.41, 5.74) is 6.90. The molecular weight excluding hydrogens is 288 g/mol. The molecule has 0 saturated carbocycles. The maximum atomic E-state index is 6.36. The molecule has 2 rings (SSSR count). The van der Waals surface area contributed by atoms with Crippen LogP contribution >= 0.6 is 11.6 Å². The maximum absolute atomic E-state index is 6.36. The molecule has 1 aromatic carbocycles. The Balaban J connectivity index is 2.29. The van der Waals surface area contributed by atoms with Crippen molar-refractivity contribution in [3.8, 4) is 5.75 Å². The zero-order valence-electron chi connectivity index (χ0n) is 12.6. The lowest BCUT2D eigenvalue weighted by Crippen LogP contribution is -2.31. The predicted molar refractivity (Wildman–Crippen MR) is 84.5 cm³/mol. The fraction of sp³-hybridized carbons (Fsp3) is 0.400. The van der Waals surface area contributed by atoms with Gasteiger partial charge in [0, 0.05) is 36.6 Å². The Kier molecular flexibility index (Phi) is 5.22. The van der Waals surface area contributed by atoms with E-state index in [1.54, 1.807) is 13.3 Å². The van der Waals surface area contributed by atoms with Crippen LogP contribution in [0.25, 0.3) is 0 Å². The van der Waals surface area contributed by atoms with Gasteiger partial charge < -0.3 is 15.0 Å². The van der Waals surface area contributed by atoms with E-state index in [0.29, 0.717) is 18.1 Å². The number of hydrogen-bond donors (Lipinski definition) is 1. The Morgan fingerprint density at radius 1 is 1.48 bits per heavy atom. The first kappa shape index (κ1) is 15.8. The molecule has 0 saturated heterocycles. The number of rotatable bonds is 6. The molecule has 1 aromatic heterocycles. The number of halogens is 1. The fourth-order valence-electron chi connectivity index (χ4n) is 2.42. The quantitative estimate of drug-likeness (QED) is 0.889. The van der Waals surface area contributed by atoms with Gasteiger partial charge in [-0.25, -0.2) is 4.98 Å². The van der Waals surface area contributed by atoms with Crippen LogP contribution in [0.2, 0.25) is 5.02 Å². The Labute approximate surface area is 130 Å². The minimum atomic E-state index is -0.0367. The number of nitrogens with two attached hydrogens (primary N) is 1. The van der Waals surface area contributed by atoms with E-state index in [2.05, 4.69) is 9.88 Å². The number of imidazole rings is 1. The van der Waals surface area contributed by atoms with Gasteiger partial charge in [0.1, 0.15) is 11.6 Å². The first-order chi connectivity index (χ1) is 10.1. The second-order valence-corrected chi connectivity index (χ2v) is 5.38. The number of aromatic nitrogens is 2. The van der Waals surface area contributed by atoms with E-state index in [1.807, 2.05) is 43.1 Å². The number of ether oxygens (including phenoxy) is 1.